The van der Waals surface area contributed by atoms with E-state index in [1.807, 2.05) is 0 Å². The van der Waals surface area contributed by atoms with Crippen molar-refractivity contribution in [1.29, 1.82) is 0 Å². The van der Waals surface area contributed by atoms with Crippen LogP contribution in [0.1, 0.15) is 24.8 Å². The van der Waals surface area contributed by atoms with E-state index in [0.717, 1.165) is 25.9 Å². The summed E-state index contributed by atoms with van der Waals surface area (Å²) < 4.78 is 13.5. The van der Waals surface area contributed by atoms with Crippen LogP contribution in [0, 0.1) is 11.7 Å². The standard InChI is InChI=1S/C14H17ClFNO/c15-12-3-2-11(14(16)8-12)7-13(18)4-1-10-5-6-17-9-10/h2-3,8,10,17H,1,4-7,9H2. The topological polar surface area (TPSA) is 29.1 Å². The van der Waals surface area contributed by atoms with Crippen molar-refractivity contribution < 1.29 is 9.18 Å². The van der Waals surface area contributed by atoms with Gasteiger partial charge in [-0.05, 0) is 49.5 Å². The lowest BCUT2D eigenvalue weighted by Gasteiger charge is -2.07. The minimum absolute atomic E-state index is 0.100. The summed E-state index contributed by atoms with van der Waals surface area (Å²) in [5.41, 5.74) is 0.439. The highest BCUT2D eigenvalue weighted by molar-refractivity contribution is 6.30. The smallest absolute Gasteiger partial charge is 0.137 e. The fourth-order valence-corrected chi connectivity index (χ4v) is 2.45. The van der Waals surface area contributed by atoms with Gasteiger partial charge in [0.15, 0.2) is 0 Å². The maximum absolute atomic E-state index is 13.5. The summed E-state index contributed by atoms with van der Waals surface area (Å²) in [5.74, 6) is 0.311. The largest absolute Gasteiger partial charge is 0.316 e. The van der Waals surface area contributed by atoms with Crippen molar-refractivity contribution in [3.63, 3.8) is 0 Å². The zero-order valence-corrected chi connectivity index (χ0v) is 11.0. The van der Waals surface area contributed by atoms with Crippen LogP contribution in [0.3, 0.4) is 0 Å². The van der Waals surface area contributed by atoms with Crippen molar-refractivity contribution in [2.75, 3.05) is 13.1 Å². The molecule has 0 bridgehead atoms. The average Bonchev–Trinajstić information content (AvgIpc) is 2.83. The second-order valence-corrected chi connectivity index (χ2v) is 5.29. The highest BCUT2D eigenvalue weighted by Gasteiger charge is 2.16. The van der Waals surface area contributed by atoms with Gasteiger partial charge in [0.25, 0.3) is 0 Å². The van der Waals surface area contributed by atoms with E-state index in [-0.39, 0.29) is 12.2 Å². The maximum atomic E-state index is 13.5. The molecule has 0 aromatic heterocycles. The number of carbonyl (C=O) groups excluding carboxylic acids is 1. The monoisotopic (exact) mass is 269 g/mol. The number of benzene rings is 1. The molecule has 1 saturated heterocycles. The van der Waals surface area contributed by atoms with Crippen LogP contribution in [0.2, 0.25) is 5.02 Å². The van der Waals surface area contributed by atoms with Crippen LogP contribution < -0.4 is 5.32 Å². The van der Waals surface area contributed by atoms with E-state index in [1.165, 1.54) is 6.07 Å². The van der Waals surface area contributed by atoms with E-state index in [0.29, 0.717) is 22.9 Å². The van der Waals surface area contributed by atoms with E-state index in [2.05, 4.69) is 5.32 Å². The number of halogens is 2. The zero-order valence-electron chi connectivity index (χ0n) is 10.2. The Morgan fingerprint density at radius 1 is 1.50 bits per heavy atom. The number of carbonyl (C=O) groups is 1. The quantitative estimate of drug-likeness (QED) is 0.890. The summed E-state index contributed by atoms with van der Waals surface area (Å²) >= 11 is 5.67. The molecule has 1 unspecified atom stereocenters. The Bertz CT molecular complexity index is 430. The first kappa shape index (κ1) is 13.5. The maximum Gasteiger partial charge on any atom is 0.137 e. The van der Waals surface area contributed by atoms with Crippen LogP contribution in [0.15, 0.2) is 18.2 Å². The first-order valence-electron chi connectivity index (χ1n) is 6.31. The molecule has 1 fully saturated rings. The zero-order chi connectivity index (χ0) is 13.0. The highest BCUT2D eigenvalue weighted by Crippen LogP contribution is 2.18. The summed E-state index contributed by atoms with van der Waals surface area (Å²) in [7, 11) is 0. The first-order valence-corrected chi connectivity index (χ1v) is 6.69. The van der Waals surface area contributed by atoms with Gasteiger partial charge in [0, 0.05) is 17.9 Å². The molecule has 1 aromatic rings. The summed E-state index contributed by atoms with van der Waals surface area (Å²) in [4.78, 5) is 11.8. The van der Waals surface area contributed by atoms with Crippen molar-refractivity contribution in [3.8, 4) is 0 Å². The molecule has 1 heterocycles. The molecule has 1 aliphatic rings. The van der Waals surface area contributed by atoms with E-state index < -0.39 is 5.82 Å². The number of ketones is 1. The van der Waals surface area contributed by atoms with Crippen molar-refractivity contribution in [2.24, 2.45) is 5.92 Å². The Hall–Kier alpha value is -0.930. The molecule has 18 heavy (non-hydrogen) atoms. The van der Waals surface area contributed by atoms with Crippen LogP contribution in [-0.2, 0) is 11.2 Å². The minimum atomic E-state index is -0.390. The van der Waals surface area contributed by atoms with Gasteiger partial charge in [0.05, 0.1) is 0 Å². The van der Waals surface area contributed by atoms with Crippen molar-refractivity contribution >= 4 is 17.4 Å². The van der Waals surface area contributed by atoms with E-state index >= 15 is 0 Å². The minimum Gasteiger partial charge on any atom is -0.316 e. The Morgan fingerprint density at radius 2 is 2.33 bits per heavy atom. The Morgan fingerprint density at radius 3 is 3.00 bits per heavy atom. The van der Waals surface area contributed by atoms with Gasteiger partial charge in [0.1, 0.15) is 11.6 Å². The molecule has 1 atom stereocenters. The summed E-state index contributed by atoms with van der Waals surface area (Å²) in [6.45, 7) is 2.05. The highest BCUT2D eigenvalue weighted by atomic mass is 35.5. The van der Waals surface area contributed by atoms with E-state index in [1.54, 1.807) is 12.1 Å². The number of Topliss-reactive ketones (excluding diaryl/α,β-unsaturated/α-hetero) is 1. The van der Waals surface area contributed by atoms with Crippen molar-refractivity contribution in [3.05, 3.63) is 34.6 Å². The Labute approximate surface area is 112 Å². The molecule has 0 spiro atoms. The molecule has 2 rings (SSSR count). The van der Waals surface area contributed by atoms with E-state index in [9.17, 15) is 9.18 Å². The van der Waals surface area contributed by atoms with Crippen molar-refractivity contribution in [2.45, 2.75) is 25.7 Å². The molecule has 4 heteroatoms. The number of rotatable bonds is 5. The molecule has 0 radical (unpaired) electrons. The van der Waals surface area contributed by atoms with Gasteiger partial charge in [-0.3, -0.25) is 4.79 Å². The van der Waals surface area contributed by atoms with Gasteiger partial charge in [0.2, 0.25) is 0 Å². The summed E-state index contributed by atoms with van der Waals surface area (Å²) in [5, 5.41) is 3.64. The molecular weight excluding hydrogens is 253 g/mol. The Balaban J connectivity index is 1.82. The predicted molar refractivity (Wildman–Crippen MR) is 70.3 cm³/mol. The lowest BCUT2D eigenvalue weighted by atomic mass is 9.98. The molecule has 1 aliphatic heterocycles. The van der Waals surface area contributed by atoms with Crippen LogP contribution in [0.4, 0.5) is 4.39 Å². The third-order valence-electron chi connectivity index (χ3n) is 3.40. The molecule has 2 nitrogen and oxygen atoms in total. The van der Waals surface area contributed by atoms with E-state index in [4.69, 9.17) is 11.6 Å². The van der Waals surface area contributed by atoms with Crippen LogP contribution in [-0.4, -0.2) is 18.9 Å². The third kappa shape index (κ3) is 3.79. The lowest BCUT2D eigenvalue weighted by Crippen LogP contribution is -2.11. The van der Waals surface area contributed by atoms with Crippen LogP contribution >= 0.6 is 11.6 Å². The fraction of sp³-hybridized carbons (Fsp3) is 0.500. The number of nitrogens with one attached hydrogen (secondary N) is 1. The molecule has 1 aromatic carbocycles. The molecule has 1 N–H and O–H groups in total. The third-order valence-corrected chi connectivity index (χ3v) is 3.63. The summed E-state index contributed by atoms with van der Waals surface area (Å²) in [6.07, 6.45) is 2.75. The van der Waals surface area contributed by atoms with Gasteiger partial charge in [-0.2, -0.15) is 0 Å². The van der Waals surface area contributed by atoms with Gasteiger partial charge < -0.3 is 5.32 Å². The van der Waals surface area contributed by atoms with Crippen molar-refractivity contribution in [1.82, 2.24) is 5.32 Å². The van der Waals surface area contributed by atoms with Gasteiger partial charge >= 0.3 is 0 Å². The summed E-state index contributed by atoms with van der Waals surface area (Å²) in [6, 6.07) is 4.46. The second-order valence-electron chi connectivity index (χ2n) is 4.85. The molecule has 0 saturated carbocycles. The normalized spacial score (nSPS) is 19.1. The van der Waals surface area contributed by atoms with Crippen LogP contribution in [0.25, 0.3) is 0 Å². The second kappa shape index (κ2) is 6.30. The Kier molecular flexibility index (Phi) is 4.72. The predicted octanol–water partition coefficient (Wildman–Crippen LogP) is 2.98. The van der Waals surface area contributed by atoms with Gasteiger partial charge in [-0.1, -0.05) is 17.7 Å². The molecular formula is C14H17ClFNO. The lowest BCUT2D eigenvalue weighted by molar-refractivity contribution is -0.118. The molecule has 0 aliphatic carbocycles. The molecule has 0 amide bonds. The first-order chi connectivity index (χ1) is 8.65. The SMILES string of the molecule is O=C(CCC1CCNC1)Cc1ccc(Cl)cc1F. The average molecular weight is 270 g/mol. The van der Waals surface area contributed by atoms with Crippen LogP contribution in [0.5, 0.6) is 0 Å². The van der Waals surface area contributed by atoms with Gasteiger partial charge in [-0.15, -0.1) is 0 Å². The number of hydrogen-bond donors (Lipinski definition) is 1. The number of hydrogen-bond acceptors (Lipinski definition) is 2. The van der Waals surface area contributed by atoms with Gasteiger partial charge in [-0.25, -0.2) is 4.39 Å². The fourth-order valence-electron chi connectivity index (χ4n) is 2.29. The molecule has 98 valence electrons.